The third-order valence-corrected chi connectivity index (χ3v) is 5.31. The summed E-state index contributed by atoms with van der Waals surface area (Å²) in [5.41, 5.74) is 5.41. The molecular weight excluding hydrogens is 462 g/mol. The van der Waals surface area contributed by atoms with Gasteiger partial charge in [0.05, 0.1) is 0 Å². The van der Waals surface area contributed by atoms with Crippen LogP contribution in [0.1, 0.15) is 18.1 Å². The van der Waals surface area contributed by atoms with Gasteiger partial charge in [0.2, 0.25) is 0 Å². The Morgan fingerprint density at radius 2 is 1.43 bits per heavy atom. The van der Waals surface area contributed by atoms with E-state index in [-0.39, 0.29) is 51.0 Å². The molecule has 5 rings (SSSR count). The van der Waals surface area contributed by atoms with Gasteiger partial charge >= 0.3 is 26.2 Å². The number of hydrogen-bond donors (Lipinski definition) is 0. The van der Waals surface area contributed by atoms with Crippen molar-refractivity contribution in [1.29, 1.82) is 0 Å². The minimum Gasteiger partial charge on any atom is -1.00 e. The first-order chi connectivity index (χ1) is 12.3. The van der Waals surface area contributed by atoms with E-state index >= 15 is 0 Å². The van der Waals surface area contributed by atoms with Crippen molar-refractivity contribution in [3.05, 3.63) is 102 Å². The molecule has 137 valence electrons. The van der Waals surface area contributed by atoms with Crippen LogP contribution in [0.2, 0.25) is 0 Å². The van der Waals surface area contributed by atoms with Crippen LogP contribution in [0.5, 0.6) is 0 Å². The molecule has 0 fully saturated rings. The van der Waals surface area contributed by atoms with Crippen LogP contribution in [0, 0.1) is 5.92 Å². The fraction of sp³-hybridized carbons (Fsp3) is 0.0800. The van der Waals surface area contributed by atoms with Crippen LogP contribution < -0.4 is 24.8 Å². The Morgan fingerprint density at radius 3 is 2.21 bits per heavy atom. The van der Waals surface area contributed by atoms with E-state index in [1.54, 1.807) is 0 Å². The molecule has 4 aromatic rings. The molecule has 0 spiro atoms. The molecule has 1 aliphatic rings. The van der Waals surface area contributed by atoms with Crippen LogP contribution in [-0.2, 0) is 26.2 Å². The fourth-order valence-electron chi connectivity index (χ4n) is 4.07. The van der Waals surface area contributed by atoms with E-state index in [2.05, 4.69) is 97.9 Å². The second-order valence-corrected chi connectivity index (χ2v) is 6.87. The minimum absolute atomic E-state index is 0. The van der Waals surface area contributed by atoms with Crippen molar-refractivity contribution in [2.24, 2.45) is 5.92 Å². The van der Waals surface area contributed by atoms with Crippen LogP contribution >= 0.6 is 0 Å². The number of allylic oxidation sites excluding steroid dienone is 4. The number of fused-ring (bicyclic) bond motifs is 3. The first-order valence-corrected chi connectivity index (χ1v) is 8.87. The molecule has 0 saturated heterocycles. The Balaban J connectivity index is 0.000000934. The number of hydrogen-bond acceptors (Lipinski definition) is 0. The van der Waals surface area contributed by atoms with Crippen LogP contribution in [-0.4, -0.2) is 0 Å². The minimum atomic E-state index is 0. The van der Waals surface area contributed by atoms with Crippen LogP contribution in [0.25, 0.3) is 32.7 Å². The quantitative estimate of drug-likeness (QED) is 0.373. The molecule has 0 aromatic heterocycles. The van der Waals surface area contributed by atoms with Crippen molar-refractivity contribution in [2.75, 3.05) is 0 Å². The van der Waals surface area contributed by atoms with Crippen molar-refractivity contribution < 1.29 is 51.0 Å². The number of rotatable bonds is 2. The van der Waals surface area contributed by atoms with Gasteiger partial charge in [-0.15, -0.1) is 33.7 Å². The van der Waals surface area contributed by atoms with Gasteiger partial charge in [-0.2, -0.15) is 0 Å². The third-order valence-electron chi connectivity index (χ3n) is 5.31. The third kappa shape index (κ3) is 3.81. The van der Waals surface area contributed by atoms with Gasteiger partial charge in [-0.1, -0.05) is 96.9 Å². The molecule has 1 unspecified atom stereocenters. The normalized spacial score (nSPS) is 15.2. The monoisotopic (exact) mass is 479 g/mol. The van der Waals surface area contributed by atoms with Crippen LogP contribution in [0.15, 0.2) is 91.0 Å². The predicted molar refractivity (Wildman–Crippen MR) is 109 cm³/mol. The summed E-state index contributed by atoms with van der Waals surface area (Å²) in [6, 6.07) is 28.4. The van der Waals surface area contributed by atoms with Crippen LogP contribution in [0.3, 0.4) is 0 Å². The summed E-state index contributed by atoms with van der Waals surface area (Å²) >= 11 is 0. The average Bonchev–Trinajstić information content (AvgIpc) is 3.23. The zero-order chi connectivity index (χ0) is 16.8. The SMILES string of the molecule is CC1C=C(c2ccccc2)C=C1c1cccc2c1[cH-]c1ccccc12.[Cl-].[Cl-].[Zr+3]. The molecule has 1 radical (unpaired) electrons. The van der Waals surface area contributed by atoms with Gasteiger partial charge in [0.1, 0.15) is 0 Å². The molecule has 0 heterocycles. The summed E-state index contributed by atoms with van der Waals surface area (Å²) in [7, 11) is 0. The van der Waals surface area contributed by atoms with Gasteiger partial charge in [-0.05, 0) is 17.1 Å². The molecule has 28 heavy (non-hydrogen) atoms. The van der Waals surface area contributed by atoms with Crippen LogP contribution in [0.4, 0.5) is 0 Å². The summed E-state index contributed by atoms with van der Waals surface area (Å²) in [5.74, 6) is 0.429. The first-order valence-electron chi connectivity index (χ1n) is 8.87. The van der Waals surface area contributed by atoms with Crippen molar-refractivity contribution in [3.63, 3.8) is 0 Å². The van der Waals surface area contributed by atoms with E-state index < -0.39 is 0 Å². The van der Waals surface area contributed by atoms with Gasteiger partial charge in [-0.25, -0.2) is 0 Å². The van der Waals surface area contributed by atoms with Crippen molar-refractivity contribution in [3.8, 4) is 0 Å². The second-order valence-electron chi connectivity index (χ2n) is 6.87. The first kappa shape index (κ1) is 22.8. The predicted octanol–water partition coefficient (Wildman–Crippen LogP) is 0.834. The second kappa shape index (κ2) is 9.31. The molecule has 1 atom stereocenters. The summed E-state index contributed by atoms with van der Waals surface area (Å²) in [6.45, 7) is 2.29. The van der Waals surface area contributed by atoms with Gasteiger partial charge in [-0.3, -0.25) is 0 Å². The van der Waals surface area contributed by atoms with Crippen molar-refractivity contribution in [1.82, 2.24) is 0 Å². The zero-order valence-corrected chi connectivity index (χ0v) is 19.5. The number of halogens is 2. The maximum absolute atomic E-state index is 2.38. The van der Waals surface area contributed by atoms with Crippen molar-refractivity contribution >= 4 is 32.7 Å². The van der Waals surface area contributed by atoms with E-state index in [4.69, 9.17) is 0 Å². The molecule has 0 nitrogen and oxygen atoms in total. The van der Waals surface area contributed by atoms with E-state index in [0.717, 1.165) is 0 Å². The molecule has 0 bridgehead atoms. The molecule has 1 aliphatic carbocycles. The fourth-order valence-corrected chi connectivity index (χ4v) is 4.07. The summed E-state index contributed by atoms with van der Waals surface area (Å²) < 4.78 is 0. The van der Waals surface area contributed by atoms with Gasteiger partial charge in [0.25, 0.3) is 0 Å². The molecule has 0 amide bonds. The topological polar surface area (TPSA) is 0 Å². The van der Waals surface area contributed by atoms with E-state index in [9.17, 15) is 0 Å². The molecule has 3 heteroatoms. The summed E-state index contributed by atoms with van der Waals surface area (Å²) in [6.07, 6.45) is 4.75. The maximum atomic E-state index is 2.38. The standard InChI is InChI=1S/C25H19.2ClH.Zr/c1-17-14-20(18-8-3-2-4-9-18)16-24(17)23-13-7-12-22-21-11-6-5-10-19(21)15-25(22)23;;;/h2-17H,1H3;2*1H;/q-1;;;+3/p-2. The molecule has 0 saturated carbocycles. The zero-order valence-electron chi connectivity index (χ0n) is 15.5. The van der Waals surface area contributed by atoms with Gasteiger partial charge in [0.15, 0.2) is 0 Å². The Morgan fingerprint density at radius 1 is 0.750 bits per heavy atom. The number of benzene rings is 3. The average molecular weight is 482 g/mol. The largest absolute Gasteiger partial charge is 3.00 e. The smallest absolute Gasteiger partial charge is 1.00 e. The molecule has 4 aromatic carbocycles. The van der Waals surface area contributed by atoms with E-state index in [0.29, 0.717) is 5.92 Å². The van der Waals surface area contributed by atoms with E-state index in [1.165, 1.54) is 43.8 Å². The Kier molecular flexibility index (Phi) is 7.57. The molecule has 0 aliphatic heterocycles. The Bertz CT molecular complexity index is 1150. The molecule has 0 N–H and O–H groups in total. The Labute approximate surface area is 197 Å². The summed E-state index contributed by atoms with van der Waals surface area (Å²) in [4.78, 5) is 0. The van der Waals surface area contributed by atoms with Crippen molar-refractivity contribution in [2.45, 2.75) is 6.92 Å². The molecular formula is C25H19Cl2Zr. The Hall–Kier alpha value is -1.53. The summed E-state index contributed by atoms with van der Waals surface area (Å²) in [5, 5.41) is 5.40. The van der Waals surface area contributed by atoms with E-state index in [1.807, 2.05) is 0 Å². The maximum Gasteiger partial charge on any atom is 3.00 e. The van der Waals surface area contributed by atoms with Gasteiger partial charge in [0, 0.05) is 0 Å². The van der Waals surface area contributed by atoms with Gasteiger partial charge < -0.3 is 24.8 Å².